The van der Waals surface area contributed by atoms with Gasteiger partial charge in [0.2, 0.25) is 0 Å². The van der Waals surface area contributed by atoms with Gasteiger partial charge >= 0.3 is 0 Å². The first kappa shape index (κ1) is 17.9. The van der Waals surface area contributed by atoms with E-state index in [1.165, 1.54) is 18.5 Å². The van der Waals surface area contributed by atoms with E-state index < -0.39 is 11.5 Å². The molecule has 1 saturated carbocycles. The third-order valence-electron chi connectivity index (χ3n) is 5.00. The highest BCUT2D eigenvalue weighted by atomic mass is 35.5. The fourth-order valence-corrected chi connectivity index (χ4v) is 3.33. The molecule has 2 aromatic rings. The molecule has 5 nitrogen and oxygen atoms in total. The average Bonchev–Trinajstić information content (AvgIpc) is 2.60. The molecule has 0 saturated heterocycles. The second kappa shape index (κ2) is 7.14. The Morgan fingerprint density at radius 3 is 2.68 bits per heavy atom. The molecule has 1 fully saturated rings. The number of hydrogen-bond acceptors (Lipinski definition) is 5. The summed E-state index contributed by atoms with van der Waals surface area (Å²) in [5, 5.41) is 3.18. The lowest BCUT2D eigenvalue weighted by Gasteiger charge is -2.43. The fraction of sp³-hybridized carbons (Fsp3) is 0.444. The Morgan fingerprint density at radius 2 is 2.00 bits per heavy atom. The zero-order valence-electron chi connectivity index (χ0n) is 14.5. The van der Waals surface area contributed by atoms with Crippen LogP contribution in [0.3, 0.4) is 0 Å². The smallest absolute Gasteiger partial charge is 0.141 e. The molecule has 7 heteroatoms. The Bertz CT molecular complexity index is 746. The van der Waals surface area contributed by atoms with Crippen molar-refractivity contribution in [2.45, 2.75) is 38.3 Å². The molecular formula is C18H23ClFN5. The van der Waals surface area contributed by atoms with E-state index in [-0.39, 0.29) is 5.02 Å². The third-order valence-corrected chi connectivity index (χ3v) is 5.29. The molecule has 1 heterocycles. The van der Waals surface area contributed by atoms with Crippen LogP contribution in [-0.4, -0.2) is 22.7 Å². The Kier molecular flexibility index (Phi) is 5.11. The number of halogens is 2. The zero-order chi connectivity index (χ0) is 18.0. The van der Waals surface area contributed by atoms with Crippen LogP contribution in [0.4, 0.5) is 21.7 Å². The van der Waals surface area contributed by atoms with Crippen molar-refractivity contribution in [1.29, 1.82) is 0 Å². The predicted molar refractivity (Wildman–Crippen MR) is 99.7 cm³/mol. The Labute approximate surface area is 152 Å². The number of rotatable bonds is 4. The molecule has 0 radical (unpaired) electrons. The summed E-state index contributed by atoms with van der Waals surface area (Å²) in [7, 11) is 1.97. The molecule has 3 N–H and O–H groups in total. The first-order valence-corrected chi connectivity index (χ1v) is 8.82. The van der Waals surface area contributed by atoms with E-state index in [0.717, 1.165) is 37.4 Å². The Hall–Kier alpha value is -1.92. The van der Waals surface area contributed by atoms with E-state index in [1.807, 2.05) is 18.0 Å². The average molecular weight is 364 g/mol. The maximum Gasteiger partial charge on any atom is 0.141 e. The van der Waals surface area contributed by atoms with Crippen LogP contribution in [-0.2, 0) is 0 Å². The zero-order valence-corrected chi connectivity index (χ0v) is 15.2. The molecule has 1 aliphatic rings. The minimum atomic E-state index is -0.452. The van der Waals surface area contributed by atoms with Crippen LogP contribution in [0.25, 0.3) is 0 Å². The second-order valence-electron chi connectivity index (χ2n) is 6.86. The SMILES string of the molecule is CC1CCC(N)(N(C)c2cc(Nc3ccc(F)c(Cl)c3)ncn2)CC1. The van der Waals surface area contributed by atoms with E-state index in [1.54, 1.807) is 6.07 Å². The van der Waals surface area contributed by atoms with Gasteiger partial charge in [-0.05, 0) is 49.8 Å². The standard InChI is InChI=1S/C18H23ClFN5/c1-12-5-7-18(21,8-6-12)25(2)17-10-16(22-11-23-17)24-13-3-4-15(20)14(19)9-13/h3-4,9-12H,5-8,21H2,1-2H3,(H,22,23,24). The quantitative estimate of drug-likeness (QED) is 0.792. The van der Waals surface area contributed by atoms with Gasteiger partial charge in [0.05, 0.1) is 10.7 Å². The molecular weight excluding hydrogens is 341 g/mol. The van der Waals surface area contributed by atoms with Crippen LogP contribution in [0.2, 0.25) is 5.02 Å². The van der Waals surface area contributed by atoms with Gasteiger partial charge in [-0.15, -0.1) is 0 Å². The minimum Gasteiger partial charge on any atom is -0.341 e. The van der Waals surface area contributed by atoms with Crippen molar-refractivity contribution in [2.24, 2.45) is 11.7 Å². The summed E-state index contributed by atoms with van der Waals surface area (Å²) in [6.45, 7) is 2.26. The van der Waals surface area contributed by atoms with Crippen LogP contribution in [0.5, 0.6) is 0 Å². The van der Waals surface area contributed by atoms with Gasteiger partial charge in [-0.3, -0.25) is 0 Å². The number of nitrogens with zero attached hydrogens (tertiary/aromatic N) is 3. The van der Waals surface area contributed by atoms with Gasteiger partial charge in [0.1, 0.15) is 23.8 Å². The topological polar surface area (TPSA) is 67.1 Å². The lowest BCUT2D eigenvalue weighted by Crippen LogP contribution is -2.56. The first-order chi connectivity index (χ1) is 11.9. The lowest BCUT2D eigenvalue weighted by molar-refractivity contribution is 0.242. The maximum absolute atomic E-state index is 13.3. The minimum absolute atomic E-state index is 0.0636. The molecule has 0 unspecified atom stereocenters. The maximum atomic E-state index is 13.3. The van der Waals surface area contributed by atoms with Crippen molar-refractivity contribution in [2.75, 3.05) is 17.3 Å². The monoisotopic (exact) mass is 363 g/mol. The van der Waals surface area contributed by atoms with Crippen LogP contribution in [0.15, 0.2) is 30.6 Å². The molecule has 0 aliphatic heterocycles. The van der Waals surface area contributed by atoms with E-state index in [4.69, 9.17) is 17.3 Å². The number of nitrogens with one attached hydrogen (secondary N) is 1. The highest BCUT2D eigenvalue weighted by molar-refractivity contribution is 6.31. The first-order valence-electron chi connectivity index (χ1n) is 8.44. The molecule has 0 spiro atoms. The number of aromatic nitrogens is 2. The van der Waals surface area contributed by atoms with Crippen LogP contribution in [0, 0.1) is 11.7 Å². The molecule has 1 aliphatic carbocycles. The second-order valence-corrected chi connectivity index (χ2v) is 7.27. The highest BCUT2D eigenvalue weighted by Crippen LogP contribution is 2.34. The predicted octanol–water partition coefficient (Wildman–Crippen LogP) is 4.31. The number of anilines is 3. The molecule has 134 valence electrons. The summed E-state index contributed by atoms with van der Waals surface area (Å²) >= 11 is 5.82. The van der Waals surface area contributed by atoms with Crippen LogP contribution in [0.1, 0.15) is 32.6 Å². The van der Waals surface area contributed by atoms with E-state index in [2.05, 4.69) is 22.2 Å². The molecule has 0 bridgehead atoms. The molecule has 25 heavy (non-hydrogen) atoms. The molecule has 1 aromatic heterocycles. The summed E-state index contributed by atoms with van der Waals surface area (Å²) in [6, 6.07) is 6.29. The van der Waals surface area contributed by atoms with E-state index in [0.29, 0.717) is 11.5 Å². The van der Waals surface area contributed by atoms with Crippen molar-refractivity contribution in [3.8, 4) is 0 Å². The van der Waals surface area contributed by atoms with E-state index in [9.17, 15) is 4.39 Å². The van der Waals surface area contributed by atoms with E-state index >= 15 is 0 Å². The Balaban J connectivity index is 1.77. The number of hydrogen-bond donors (Lipinski definition) is 2. The highest BCUT2D eigenvalue weighted by Gasteiger charge is 2.34. The molecule has 3 rings (SSSR count). The summed E-state index contributed by atoms with van der Waals surface area (Å²) in [5.41, 5.74) is 6.89. The van der Waals surface area contributed by atoms with Gasteiger partial charge < -0.3 is 16.0 Å². The number of nitrogens with two attached hydrogens (primary N) is 1. The molecule has 0 atom stereocenters. The summed E-state index contributed by atoms with van der Waals surface area (Å²) < 4.78 is 13.3. The van der Waals surface area contributed by atoms with Crippen molar-refractivity contribution in [3.05, 3.63) is 41.4 Å². The van der Waals surface area contributed by atoms with Crippen molar-refractivity contribution in [3.63, 3.8) is 0 Å². The summed E-state index contributed by atoms with van der Waals surface area (Å²) in [5.74, 6) is 1.62. The van der Waals surface area contributed by atoms with Gasteiger partial charge in [0.25, 0.3) is 0 Å². The molecule has 1 aromatic carbocycles. The summed E-state index contributed by atoms with van der Waals surface area (Å²) in [4.78, 5) is 10.6. The van der Waals surface area contributed by atoms with Gasteiger partial charge in [-0.1, -0.05) is 18.5 Å². The van der Waals surface area contributed by atoms with Crippen molar-refractivity contribution in [1.82, 2.24) is 9.97 Å². The van der Waals surface area contributed by atoms with Crippen molar-refractivity contribution < 1.29 is 4.39 Å². The summed E-state index contributed by atoms with van der Waals surface area (Å²) in [6.07, 6.45) is 5.60. The van der Waals surface area contributed by atoms with Gasteiger partial charge in [-0.25, -0.2) is 14.4 Å². The largest absolute Gasteiger partial charge is 0.341 e. The van der Waals surface area contributed by atoms with Gasteiger partial charge in [-0.2, -0.15) is 0 Å². The third kappa shape index (κ3) is 4.02. The van der Waals surface area contributed by atoms with Gasteiger partial charge in [0, 0.05) is 18.8 Å². The van der Waals surface area contributed by atoms with Crippen LogP contribution < -0.4 is 16.0 Å². The number of benzene rings is 1. The molecule has 0 amide bonds. The lowest BCUT2D eigenvalue weighted by atomic mass is 9.82. The normalized spacial score (nSPS) is 23.3. The fourth-order valence-electron chi connectivity index (χ4n) is 3.15. The Morgan fingerprint density at radius 1 is 1.28 bits per heavy atom. The van der Waals surface area contributed by atoms with Crippen LogP contribution >= 0.6 is 11.6 Å². The van der Waals surface area contributed by atoms with Gasteiger partial charge in [0.15, 0.2) is 0 Å². The van der Waals surface area contributed by atoms with Crippen molar-refractivity contribution >= 4 is 28.9 Å².